The quantitative estimate of drug-likeness (QED) is 0.195. The highest BCUT2D eigenvalue weighted by Gasteiger charge is 2.48. The molecule has 0 saturated carbocycles. The van der Waals surface area contributed by atoms with Crippen LogP contribution < -0.4 is 14.4 Å². The first-order chi connectivity index (χ1) is 17.4. The topological polar surface area (TPSA) is 89.0 Å². The molecule has 10 heteroatoms. The minimum atomic E-state index is -0.951. The molecular formula is C26H16Cl2N2O5S. The number of rotatable bonds is 3. The van der Waals surface area contributed by atoms with Crippen molar-refractivity contribution in [1.82, 2.24) is 4.98 Å². The van der Waals surface area contributed by atoms with Crippen LogP contribution in [0, 0.1) is 0 Å². The lowest BCUT2D eigenvalue weighted by Gasteiger charge is -2.23. The minimum Gasteiger partial charge on any atom is -0.507 e. The van der Waals surface area contributed by atoms with Gasteiger partial charge in [0, 0.05) is 15.6 Å². The Morgan fingerprint density at radius 3 is 2.56 bits per heavy atom. The van der Waals surface area contributed by atoms with Crippen LogP contribution in [-0.2, 0) is 9.59 Å². The first-order valence-corrected chi connectivity index (χ1v) is 12.5. The molecule has 1 amide bonds. The molecule has 0 radical (unpaired) electrons. The van der Waals surface area contributed by atoms with E-state index >= 15 is 0 Å². The Hall–Kier alpha value is -3.59. The Morgan fingerprint density at radius 2 is 1.75 bits per heavy atom. The number of aliphatic hydroxyl groups is 1. The van der Waals surface area contributed by atoms with E-state index in [2.05, 4.69) is 4.98 Å². The number of aromatic nitrogens is 1. The first kappa shape index (κ1) is 22.8. The number of aliphatic hydroxyl groups excluding tert-OH is 1. The molecule has 3 aromatic carbocycles. The summed E-state index contributed by atoms with van der Waals surface area (Å²) in [4.78, 5) is 32.7. The molecule has 180 valence electrons. The van der Waals surface area contributed by atoms with Crippen molar-refractivity contribution in [3.05, 3.63) is 87.4 Å². The Balaban J connectivity index is 1.54. The van der Waals surface area contributed by atoms with Crippen molar-refractivity contribution in [2.75, 3.05) is 18.1 Å². The third-order valence-electron chi connectivity index (χ3n) is 5.97. The average Bonchev–Trinajstić information content (AvgIpc) is 3.41. The summed E-state index contributed by atoms with van der Waals surface area (Å²) < 4.78 is 11.9. The van der Waals surface area contributed by atoms with E-state index in [1.807, 2.05) is 0 Å². The lowest BCUT2D eigenvalue weighted by molar-refractivity contribution is -0.132. The van der Waals surface area contributed by atoms with Crippen LogP contribution >= 0.6 is 34.5 Å². The second-order valence-electron chi connectivity index (χ2n) is 8.19. The number of fused-ring (bicyclic) bond motifs is 2. The molecule has 0 aliphatic carbocycles. The molecule has 36 heavy (non-hydrogen) atoms. The fourth-order valence-corrected chi connectivity index (χ4v) is 5.82. The van der Waals surface area contributed by atoms with Gasteiger partial charge in [-0.15, -0.1) is 0 Å². The van der Waals surface area contributed by atoms with Crippen LogP contribution in [0.1, 0.15) is 17.2 Å². The van der Waals surface area contributed by atoms with Crippen molar-refractivity contribution in [3.63, 3.8) is 0 Å². The van der Waals surface area contributed by atoms with E-state index in [0.29, 0.717) is 56.5 Å². The number of benzene rings is 3. The van der Waals surface area contributed by atoms with Crippen LogP contribution in [0.2, 0.25) is 10.0 Å². The maximum atomic E-state index is 13.4. The van der Waals surface area contributed by atoms with Crippen LogP contribution in [0.25, 0.3) is 16.0 Å². The Bertz CT molecular complexity index is 1600. The number of ketones is 1. The fraction of sp³-hybridized carbons (Fsp3) is 0.115. The van der Waals surface area contributed by atoms with Gasteiger partial charge in [-0.3, -0.25) is 14.5 Å². The molecular weight excluding hydrogens is 523 g/mol. The maximum Gasteiger partial charge on any atom is 0.301 e. The molecule has 1 fully saturated rings. The number of hydrogen-bond acceptors (Lipinski definition) is 7. The molecule has 7 nitrogen and oxygen atoms in total. The lowest BCUT2D eigenvalue weighted by Crippen LogP contribution is -2.29. The summed E-state index contributed by atoms with van der Waals surface area (Å²) in [6.45, 7) is 0.789. The van der Waals surface area contributed by atoms with Crippen LogP contribution in [0.4, 0.5) is 5.13 Å². The Labute approximate surface area is 219 Å². The molecule has 1 atom stereocenters. The highest BCUT2D eigenvalue weighted by Crippen LogP contribution is 2.45. The molecule has 6 rings (SSSR count). The molecule has 1 saturated heterocycles. The van der Waals surface area contributed by atoms with Gasteiger partial charge in [-0.05, 0) is 54.1 Å². The monoisotopic (exact) mass is 538 g/mol. The number of hydrogen-bond donors (Lipinski definition) is 1. The van der Waals surface area contributed by atoms with E-state index in [-0.39, 0.29) is 11.3 Å². The number of halogens is 2. The number of carbonyl (C=O) groups is 2. The summed E-state index contributed by atoms with van der Waals surface area (Å²) in [6, 6.07) is 15.9. The van der Waals surface area contributed by atoms with Crippen LogP contribution in [0.3, 0.4) is 0 Å². The number of thiazole rings is 1. The highest BCUT2D eigenvalue weighted by atomic mass is 35.5. The minimum absolute atomic E-state index is 0.0729. The molecule has 2 aliphatic heterocycles. The van der Waals surface area contributed by atoms with E-state index in [0.717, 1.165) is 4.70 Å². The summed E-state index contributed by atoms with van der Waals surface area (Å²) in [5.41, 5.74) is 1.44. The average molecular weight is 539 g/mol. The maximum absolute atomic E-state index is 13.4. The van der Waals surface area contributed by atoms with E-state index in [1.54, 1.807) is 60.7 Å². The smallest absolute Gasteiger partial charge is 0.301 e. The Morgan fingerprint density at radius 1 is 0.972 bits per heavy atom. The van der Waals surface area contributed by atoms with Crippen molar-refractivity contribution in [3.8, 4) is 11.5 Å². The molecule has 0 unspecified atom stereocenters. The molecule has 2 aliphatic rings. The van der Waals surface area contributed by atoms with Gasteiger partial charge in [0.2, 0.25) is 0 Å². The van der Waals surface area contributed by atoms with Gasteiger partial charge >= 0.3 is 5.91 Å². The summed E-state index contributed by atoms with van der Waals surface area (Å²) in [5.74, 6) is -0.976. The lowest BCUT2D eigenvalue weighted by atomic mass is 9.95. The zero-order chi connectivity index (χ0) is 25.0. The summed E-state index contributed by atoms with van der Waals surface area (Å²) in [5, 5.41) is 12.6. The third-order valence-corrected chi connectivity index (χ3v) is 7.46. The number of nitrogens with zero attached hydrogens (tertiary/aromatic N) is 2. The number of Topliss-reactive ketones (excluding diaryl/α,β-unsaturated/α-hetero) is 1. The standard InChI is InChI=1S/C26H16Cl2N2O5S/c27-15-3-1-2-13(10-15)22-21(23(31)14-4-7-18-19(11-14)35-9-8-34-18)24(32)25(33)30(22)26-29-17-6-5-16(28)12-20(17)36-26/h1-7,10-12,22,31H,8-9H2/t22-/m1/s1. The van der Waals surface area contributed by atoms with E-state index in [4.69, 9.17) is 32.7 Å². The van der Waals surface area contributed by atoms with Crippen LogP contribution in [0.15, 0.2) is 66.2 Å². The van der Waals surface area contributed by atoms with Gasteiger partial charge in [0.25, 0.3) is 5.78 Å². The summed E-state index contributed by atoms with van der Waals surface area (Å²) in [6.07, 6.45) is 0. The van der Waals surface area contributed by atoms with E-state index < -0.39 is 17.7 Å². The number of carbonyl (C=O) groups excluding carboxylic acids is 2. The second-order valence-corrected chi connectivity index (χ2v) is 10.1. The van der Waals surface area contributed by atoms with Gasteiger partial charge in [0.05, 0.1) is 21.8 Å². The van der Waals surface area contributed by atoms with Crippen molar-refractivity contribution in [1.29, 1.82) is 0 Å². The zero-order valence-electron chi connectivity index (χ0n) is 18.4. The number of anilines is 1. The highest BCUT2D eigenvalue weighted by molar-refractivity contribution is 7.22. The van der Waals surface area contributed by atoms with Gasteiger partial charge in [0.1, 0.15) is 19.0 Å². The molecule has 4 aromatic rings. The van der Waals surface area contributed by atoms with Crippen molar-refractivity contribution < 1.29 is 24.2 Å². The largest absolute Gasteiger partial charge is 0.507 e. The predicted molar refractivity (Wildman–Crippen MR) is 138 cm³/mol. The molecule has 1 aromatic heterocycles. The van der Waals surface area contributed by atoms with Gasteiger partial charge < -0.3 is 14.6 Å². The Kier molecular flexibility index (Phi) is 5.59. The number of amides is 1. The number of ether oxygens (including phenoxy) is 2. The molecule has 0 bridgehead atoms. The van der Waals surface area contributed by atoms with Gasteiger partial charge in [-0.1, -0.05) is 46.7 Å². The first-order valence-electron chi connectivity index (χ1n) is 10.9. The van der Waals surface area contributed by atoms with Crippen molar-refractivity contribution in [2.24, 2.45) is 0 Å². The van der Waals surface area contributed by atoms with E-state index in [1.165, 1.54) is 16.2 Å². The zero-order valence-corrected chi connectivity index (χ0v) is 20.7. The van der Waals surface area contributed by atoms with Crippen molar-refractivity contribution in [2.45, 2.75) is 6.04 Å². The van der Waals surface area contributed by atoms with Crippen LogP contribution in [0.5, 0.6) is 11.5 Å². The SMILES string of the molecule is O=C1C(=O)N(c2nc3ccc(Cl)cc3s2)[C@H](c2cccc(Cl)c2)C1=C(O)c1ccc2c(c1)OCCO2. The summed E-state index contributed by atoms with van der Waals surface area (Å²) in [7, 11) is 0. The molecule has 1 N–H and O–H groups in total. The summed E-state index contributed by atoms with van der Waals surface area (Å²) >= 11 is 13.6. The van der Waals surface area contributed by atoms with Gasteiger partial charge in [0.15, 0.2) is 16.6 Å². The molecule has 0 spiro atoms. The normalized spacial score (nSPS) is 18.7. The fourth-order valence-electron chi connectivity index (χ4n) is 4.36. The molecule has 3 heterocycles. The van der Waals surface area contributed by atoms with Gasteiger partial charge in [-0.25, -0.2) is 4.98 Å². The predicted octanol–water partition coefficient (Wildman–Crippen LogP) is 6.00. The second kappa shape index (κ2) is 8.81. The van der Waals surface area contributed by atoms with Gasteiger partial charge in [-0.2, -0.15) is 0 Å². The van der Waals surface area contributed by atoms with Crippen molar-refractivity contribution >= 4 is 67.3 Å². The third kappa shape index (κ3) is 3.78. The van der Waals surface area contributed by atoms with E-state index in [9.17, 15) is 14.7 Å². The van der Waals surface area contributed by atoms with Crippen LogP contribution in [-0.4, -0.2) is 35.0 Å².